The van der Waals surface area contributed by atoms with Crippen molar-refractivity contribution in [3.05, 3.63) is 41.4 Å². The van der Waals surface area contributed by atoms with Gasteiger partial charge in [-0.1, -0.05) is 18.2 Å². The summed E-state index contributed by atoms with van der Waals surface area (Å²) < 4.78 is 0. The Balaban J connectivity index is 1.92. The Morgan fingerprint density at radius 2 is 2.20 bits per heavy atom. The van der Waals surface area contributed by atoms with E-state index in [2.05, 4.69) is 10.3 Å². The number of carboxylic acid groups (broad SMARTS) is 1. The number of carbonyl (C=O) groups excluding carboxylic acids is 1. The molecule has 2 heterocycles. The van der Waals surface area contributed by atoms with Crippen LogP contribution in [0.3, 0.4) is 0 Å². The Kier molecular flexibility index (Phi) is 3.11. The SMILES string of the molecule is O=C(O)C1Cc2ccccc2N1C(=O)Nc1nccs1. The highest BCUT2D eigenvalue weighted by molar-refractivity contribution is 7.13. The van der Waals surface area contributed by atoms with E-state index in [0.717, 1.165) is 5.56 Å². The number of aromatic nitrogens is 1. The normalized spacial score (nSPS) is 16.8. The van der Waals surface area contributed by atoms with E-state index >= 15 is 0 Å². The largest absolute Gasteiger partial charge is 0.480 e. The van der Waals surface area contributed by atoms with Crippen molar-refractivity contribution in [2.75, 3.05) is 10.2 Å². The van der Waals surface area contributed by atoms with Crippen LogP contribution in [0.5, 0.6) is 0 Å². The van der Waals surface area contributed by atoms with Gasteiger partial charge >= 0.3 is 12.0 Å². The molecule has 2 amide bonds. The Morgan fingerprint density at radius 3 is 2.90 bits per heavy atom. The van der Waals surface area contributed by atoms with Crippen molar-refractivity contribution < 1.29 is 14.7 Å². The third-order valence-corrected chi connectivity index (χ3v) is 3.81. The topological polar surface area (TPSA) is 82.5 Å². The lowest BCUT2D eigenvalue weighted by Crippen LogP contribution is -2.45. The van der Waals surface area contributed by atoms with Crippen LogP contribution >= 0.6 is 11.3 Å². The molecule has 2 N–H and O–H groups in total. The van der Waals surface area contributed by atoms with E-state index in [0.29, 0.717) is 17.2 Å². The number of hydrogen-bond acceptors (Lipinski definition) is 4. The highest BCUT2D eigenvalue weighted by Crippen LogP contribution is 2.32. The van der Waals surface area contributed by atoms with Gasteiger partial charge in [0, 0.05) is 23.7 Å². The Hall–Kier alpha value is -2.41. The lowest BCUT2D eigenvalue weighted by atomic mass is 10.1. The number of thiazole rings is 1. The van der Waals surface area contributed by atoms with Gasteiger partial charge in [-0.3, -0.25) is 10.2 Å². The first kappa shape index (κ1) is 12.6. The van der Waals surface area contributed by atoms with E-state index in [4.69, 9.17) is 0 Å². The molecule has 1 aromatic heterocycles. The van der Waals surface area contributed by atoms with Crippen molar-refractivity contribution >= 4 is 34.2 Å². The van der Waals surface area contributed by atoms with Crippen LogP contribution < -0.4 is 10.2 Å². The van der Waals surface area contributed by atoms with Crippen molar-refractivity contribution in [2.24, 2.45) is 0 Å². The number of para-hydroxylation sites is 1. The molecule has 0 radical (unpaired) electrons. The average Bonchev–Trinajstić information content (AvgIpc) is 3.04. The number of nitrogens with one attached hydrogen (secondary N) is 1. The van der Waals surface area contributed by atoms with E-state index in [1.165, 1.54) is 16.2 Å². The zero-order valence-electron chi connectivity index (χ0n) is 10.3. The molecule has 0 bridgehead atoms. The summed E-state index contributed by atoms with van der Waals surface area (Å²) in [5.74, 6) is -1.02. The number of amides is 2. The molecule has 0 saturated carbocycles. The summed E-state index contributed by atoms with van der Waals surface area (Å²) in [5.41, 5.74) is 1.49. The molecular weight excluding hydrogens is 278 g/mol. The molecule has 7 heteroatoms. The van der Waals surface area contributed by atoms with Crippen LogP contribution in [0.1, 0.15) is 5.56 Å². The second kappa shape index (κ2) is 4.93. The highest BCUT2D eigenvalue weighted by atomic mass is 32.1. The lowest BCUT2D eigenvalue weighted by molar-refractivity contribution is -0.138. The van der Waals surface area contributed by atoms with Crippen LogP contribution in [0.4, 0.5) is 15.6 Å². The number of fused-ring (bicyclic) bond motifs is 1. The number of hydrogen-bond donors (Lipinski definition) is 2. The summed E-state index contributed by atoms with van der Waals surface area (Å²) in [6, 6.07) is 5.85. The number of anilines is 2. The van der Waals surface area contributed by atoms with Crippen LogP contribution in [-0.4, -0.2) is 28.1 Å². The number of rotatable bonds is 2. The molecule has 3 rings (SSSR count). The van der Waals surface area contributed by atoms with Gasteiger partial charge in [-0.25, -0.2) is 14.6 Å². The predicted octanol–water partition coefficient (Wildman–Crippen LogP) is 2.19. The van der Waals surface area contributed by atoms with Crippen LogP contribution in [0.2, 0.25) is 0 Å². The highest BCUT2D eigenvalue weighted by Gasteiger charge is 2.38. The van der Waals surface area contributed by atoms with Crippen LogP contribution in [0.15, 0.2) is 35.8 Å². The number of carbonyl (C=O) groups is 2. The van der Waals surface area contributed by atoms with Crippen molar-refractivity contribution in [1.82, 2.24) is 4.98 Å². The molecule has 1 aliphatic rings. The minimum Gasteiger partial charge on any atom is -0.480 e. The maximum atomic E-state index is 12.3. The molecule has 20 heavy (non-hydrogen) atoms. The minimum absolute atomic E-state index is 0.316. The van der Waals surface area contributed by atoms with Gasteiger partial charge in [0.2, 0.25) is 0 Å². The minimum atomic E-state index is -1.02. The second-order valence-electron chi connectivity index (χ2n) is 4.32. The molecule has 1 aliphatic heterocycles. The van der Waals surface area contributed by atoms with Gasteiger partial charge in [0.05, 0.1) is 0 Å². The van der Waals surface area contributed by atoms with E-state index < -0.39 is 18.0 Å². The van der Waals surface area contributed by atoms with Gasteiger partial charge in [-0.2, -0.15) is 0 Å². The molecule has 0 spiro atoms. The maximum Gasteiger partial charge on any atom is 0.328 e. The smallest absolute Gasteiger partial charge is 0.328 e. The van der Waals surface area contributed by atoms with Crippen molar-refractivity contribution in [3.8, 4) is 0 Å². The molecule has 1 unspecified atom stereocenters. The summed E-state index contributed by atoms with van der Waals surface area (Å²) in [7, 11) is 0. The monoisotopic (exact) mass is 289 g/mol. The summed E-state index contributed by atoms with van der Waals surface area (Å²) in [5, 5.41) is 14.1. The summed E-state index contributed by atoms with van der Waals surface area (Å²) >= 11 is 1.28. The quantitative estimate of drug-likeness (QED) is 0.887. The fourth-order valence-corrected chi connectivity index (χ4v) is 2.79. The standard InChI is InChI=1S/C13H11N3O3S/c17-11(18)10-7-8-3-1-2-4-9(8)16(10)13(19)15-12-14-5-6-20-12/h1-6,10H,7H2,(H,17,18)(H,14,15,19). The van der Waals surface area contributed by atoms with Gasteiger partial charge in [-0.05, 0) is 11.6 Å². The molecule has 1 aromatic carbocycles. The van der Waals surface area contributed by atoms with Gasteiger partial charge in [0.25, 0.3) is 0 Å². The fourth-order valence-electron chi connectivity index (χ4n) is 2.27. The summed E-state index contributed by atoms with van der Waals surface area (Å²) in [6.45, 7) is 0. The molecule has 102 valence electrons. The Bertz CT molecular complexity index is 657. The average molecular weight is 289 g/mol. The molecule has 0 aliphatic carbocycles. The van der Waals surface area contributed by atoms with Gasteiger partial charge in [0.15, 0.2) is 5.13 Å². The first-order valence-electron chi connectivity index (χ1n) is 5.97. The number of aliphatic carboxylic acids is 1. The number of nitrogens with zero attached hydrogens (tertiary/aromatic N) is 2. The van der Waals surface area contributed by atoms with Crippen LogP contribution in [-0.2, 0) is 11.2 Å². The predicted molar refractivity (Wildman–Crippen MR) is 75.2 cm³/mol. The van der Waals surface area contributed by atoms with Gasteiger partial charge in [-0.15, -0.1) is 11.3 Å². The Labute approximate surface area is 118 Å². The van der Waals surface area contributed by atoms with E-state index in [-0.39, 0.29) is 0 Å². The molecule has 2 aromatic rings. The molecule has 1 atom stereocenters. The van der Waals surface area contributed by atoms with Crippen molar-refractivity contribution in [3.63, 3.8) is 0 Å². The van der Waals surface area contributed by atoms with Crippen LogP contribution in [0, 0.1) is 0 Å². The fraction of sp³-hybridized carbons (Fsp3) is 0.154. The zero-order chi connectivity index (χ0) is 14.1. The van der Waals surface area contributed by atoms with Gasteiger partial charge in [0.1, 0.15) is 6.04 Å². The molecule has 0 saturated heterocycles. The first-order chi connectivity index (χ1) is 9.66. The number of benzene rings is 1. The lowest BCUT2D eigenvalue weighted by Gasteiger charge is -2.22. The van der Waals surface area contributed by atoms with Crippen molar-refractivity contribution in [1.29, 1.82) is 0 Å². The zero-order valence-corrected chi connectivity index (χ0v) is 11.1. The third kappa shape index (κ3) is 2.12. The second-order valence-corrected chi connectivity index (χ2v) is 5.22. The molecule has 6 nitrogen and oxygen atoms in total. The molecule has 0 fully saturated rings. The van der Waals surface area contributed by atoms with E-state index in [1.807, 2.05) is 12.1 Å². The van der Waals surface area contributed by atoms with Gasteiger partial charge < -0.3 is 5.11 Å². The van der Waals surface area contributed by atoms with E-state index in [9.17, 15) is 14.7 Å². The first-order valence-corrected chi connectivity index (χ1v) is 6.85. The van der Waals surface area contributed by atoms with Crippen LogP contribution in [0.25, 0.3) is 0 Å². The summed E-state index contributed by atoms with van der Waals surface area (Å²) in [4.78, 5) is 28.9. The molecular formula is C13H11N3O3S. The number of urea groups is 1. The third-order valence-electron chi connectivity index (χ3n) is 3.13. The number of carboxylic acids is 1. The van der Waals surface area contributed by atoms with E-state index in [1.54, 1.807) is 23.7 Å². The Morgan fingerprint density at radius 1 is 1.40 bits per heavy atom. The maximum absolute atomic E-state index is 12.3. The van der Waals surface area contributed by atoms with Crippen molar-refractivity contribution in [2.45, 2.75) is 12.5 Å². The summed E-state index contributed by atoms with van der Waals surface area (Å²) in [6.07, 6.45) is 1.89.